The quantitative estimate of drug-likeness (QED) is 0.359. The van der Waals surface area contributed by atoms with Gasteiger partial charge in [0.25, 0.3) is 0 Å². The number of aromatic nitrogens is 3. The maximum absolute atomic E-state index is 8.61. The first-order chi connectivity index (χ1) is 8.65. The Morgan fingerprint density at radius 1 is 1.50 bits per heavy atom. The highest BCUT2D eigenvalue weighted by atomic mass is 16.5. The van der Waals surface area contributed by atoms with Crippen LogP contribution >= 0.6 is 0 Å². The molecule has 2 rings (SSSR count). The van der Waals surface area contributed by atoms with Crippen molar-refractivity contribution in [1.82, 2.24) is 14.5 Å². The van der Waals surface area contributed by atoms with Gasteiger partial charge in [0.2, 0.25) is 5.88 Å². The number of pyridine rings is 1. The second kappa shape index (κ2) is 4.74. The van der Waals surface area contributed by atoms with Gasteiger partial charge in [-0.15, -0.1) is 0 Å². The molecule has 94 valence electrons. The van der Waals surface area contributed by atoms with Gasteiger partial charge >= 0.3 is 0 Å². The van der Waals surface area contributed by atoms with Crippen molar-refractivity contribution in [2.24, 2.45) is 10.9 Å². The Kier molecular flexibility index (Phi) is 3.13. The predicted molar refractivity (Wildman–Crippen MR) is 65.2 cm³/mol. The van der Waals surface area contributed by atoms with Gasteiger partial charge in [0, 0.05) is 6.20 Å². The van der Waals surface area contributed by atoms with E-state index in [1.54, 1.807) is 23.0 Å². The minimum absolute atomic E-state index is 0.0679. The highest BCUT2D eigenvalue weighted by molar-refractivity contribution is 5.95. The van der Waals surface area contributed by atoms with Crippen LogP contribution in [0.15, 0.2) is 29.8 Å². The van der Waals surface area contributed by atoms with Crippen molar-refractivity contribution < 1.29 is 9.94 Å². The number of imidazole rings is 1. The Balaban J connectivity index is 2.50. The second-order valence-corrected chi connectivity index (χ2v) is 3.63. The molecule has 0 unspecified atom stereocenters. The lowest BCUT2D eigenvalue weighted by atomic mass is 10.3. The van der Waals surface area contributed by atoms with E-state index in [0.717, 1.165) is 11.4 Å². The van der Waals surface area contributed by atoms with Gasteiger partial charge in [-0.25, -0.2) is 9.97 Å². The van der Waals surface area contributed by atoms with Crippen molar-refractivity contribution in [1.29, 1.82) is 0 Å². The summed E-state index contributed by atoms with van der Waals surface area (Å²) in [6.07, 6.45) is 3.51. The summed E-state index contributed by atoms with van der Waals surface area (Å²) in [4.78, 5) is 8.29. The van der Waals surface area contributed by atoms with Crippen LogP contribution in [0, 0.1) is 6.92 Å². The summed E-state index contributed by atoms with van der Waals surface area (Å²) >= 11 is 0. The van der Waals surface area contributed by atoms with Crippen LogP contribution in [-0.4, -0.2) is 32.7 Å². The maximum atomic E-state index is 8.61. The molecule has 0 atom stereocenters. The van der Waals surface area contributed by atoms with E-state index < -0.39 is 0 Å². The lowest BCUT2D eigenvalue weighted by Gasteiger charge is -2.09. The van der Waals surface area contributed by atoms with Gasteiger partial charge in [-0.05, 0) is 19.1 Å². The topological polar surface area (TPSA) is 98.5 Å². The van der Waals surface area contributed by atoms with Crippen molar-refractivity contribution in [2.75, 3.05) is 7.11 Å². The van der Waals surface area contributed by atoms with E-state index in [4.69, 9.17) is 15.7 Å². The van der Waals surface area contributed by atoms with E-state index in [9.17, 15) is 0 Å². The molecule has 2 aromatic heterocycles. The molecule has 7 heteroatoms. The number of rotatable bonds is 3. The smallest absolute Gasteiger partial charge is 0.238 e. The predicted octanol–water partition coefficient (Wildman–Crippen LogP) is 0.679. The first-order valence-corrected chi connectivity index (χ1v) is 5.19. The van der Waals surface area contributed by atoms with Crippen LogP contribution in [0.4, 0.5) is 0 Å². The zero-order valence-corrected chi connectivity index (χ0v) is 10.0. The highest BCUT2D eigenvalue weighted by Crippen LogP contribution is 2.20. The molecule has 0 aromatic carbocycles. The maximum Gasteiger partial charge on any atom is 0.238 e. The summed E-state index contributed by atoms with van der Waals surface area (Å²) in [6, 6.07) is 3.41. The number of nitrogens with zero attached hydrogens (tertiary/aromatic N) is 4. The van der Waals surface area contributed by atoms with Gasteiger partial charge < -0.3 is 20.2 Å². The van der Waals surface area contributed by atoms with Gasteiger partial charge in [-0.1, -0.05) is 5.16 Å². The first-order valence-electron chi connectivity index (χ1n) is 5.19. The van der Waals surface area contributed by atoms with Crippen molar-refractivity contribution in [3.8, 4) is 11.6 Å². The Morgan fingerprint density at radius 2 is 2.28 bits per heavy atom. The molecule has 0 saturated heterocycles. The zero-order chi connectivity index (χ0) is 13.1. The summed E-state index contributed by atoms with van der Waals surface area (Å²) in [5.74, 6) is 0.304. The second-order valence-electron chi connectivity index (χ2n) is 3.63. The molecule has 2 aromatic rings. The molecule has 0 aliphatic rings. The summed E-state index contributed by atoms with van der Waals surface area (Å²) in [6.45, 7) is 1.89. The number of aryl methyl sites for hydroxylation is 1. The number of nitrogens with two attached hydrogens (primary N) is 1. The summed E-state index contributed by atoms with van der Waals surface area (Å²) in [5.41, 5.74) is 7.43. The third-order valence-corrected chi connectivity index (χ3v) is 2.39. The van der Waals surface area contributed by atoms with Crippen LogP contribution in [0.5, 0.6) is 5.88 Å². The Hall–Kier alpha value is -2.57. The Morgan fingerprint density at radius 3 is 2.83 bits per heavy atom. The van der Waals surface area contributed by atoms with Crippen LogP contribution in [0.25, 0.3) is 5.69 Å². The van der Waals surface area contributed by atoms with Gasteiger partial charge in [-0.3, -0.25) is 0 Å². The summed E-state index contributed by atoms with van der Waals surface area (Å²) in [7, 11) is 1.51. The highest BCUT2D eigenvalue weighted by Gasteiger charge is 2.10. The number of oxime groups is 1. The van der Waals surface area contributed by atoms with Crippen LogP contribution in [0.3, 0.4) is 0 Å². The third kappa shape index (κ3) is 2.10. The van der Waals surface area contributed by atoms with Crippen molar-refractivity contribution >= 4 is 5.84 Å². The number of amidine groups is 1. The standard InChI is InChI=1S/C11H13N5O2/c1-7-5-16(6-13-7)9-4-3-8(10(12)15-17)14-11(9)18-2/h3-6,17H,1-2H3,(H2,12,15). The molecular formula is C11H13N5O2. The lowest BCUT2D eigenvalue weighted by molar-refractivity contribution is 0.318. The van der Waals surface area contributed by atoms with Gasteiger partial charge in [0.15, 0.2) is 5.84 Å². The van der Waals surface area contributed by atoms with Crippen LogP contribution in [0.1, 0.15) is 11.4 Å². The SMILES string of the molecule is COc1nc(/C(N)=N\O)ccc1-n1cnc(C)c1. The van der Waals surface area contributed by atoms with Crippen molar-refractivity contribution in [3.63, 3.8) is 0 Å². The molecule has 0 aliphatic heterocycles. The van der Waals surface area contributed by atoms with Crippen LogP contribution < -0.4 is 10.5 Å². The molecular weight excluding hydrogens is 234 g/mol. The molecule has 0 fully saturated rings. The molecule has 0 radical (unpaired) electrons. The van der Waals surface area contributed by atoms with E-state index in [0.29, 0.717) is 11.6 Å². The van der Waals surface area contributed by atoms with E-state index in [2.05, 4.69) is 15.1 Å². The minimum atomic E-state index is -0.0679. The fourth-order valence-electron chi connectivity index (χ4n) is 1.53. The third-order valence-electron chi connectivity index (χ3n) is 2.39. The van der Waals surface area contributed by atoms with Gasteiger partial charge in [-0.2, -0.15) is 0 Å². The Labute approximate surface area is 104 Å². The molecule has 18 heavy (non-hydrogen) atoms. The first kappa shape index (κ1) is 11.9. The van der Waals surface area contributed by atoms with E-state index in [1.165, 1.54) is 7.11 Å². The molecule has 0 aliphatic carbocycles. The molecule has 2 heterocycles. The lowest BCUT2D eigenvalue weighted by Crippen LogP contribution is -2.15. The number of ether oxygens (including phenoxy) is 1. The molecule has 0 spiro atoms. The zero-order valence-electron chi connectivity index (χ0n) is 10.0. The summed E-state index contributed by atoms with van der Waals surface area (Å²) < 4.78 is 6.98. The van der Waals surface area contributed by atoms with Crippen molar-refractivity contribution in [2.45, 2.75) is 6.92 Å². The normalized spacial score (nSPS) is 11.6. The van der Waals surface area contributed by atoms with E-state index in [1.807, 2.05) is 13.1 Å². The van der Waals surface area contributed by atoms with Gasteiger partial charge in [0.05, 0.1) is 19.1 Å². The van der Waals surface area contributed by atoms with E-state index in [-0.39, 0.29) is 5.84 Å². The monoisotopic (exact) mass is 247 g/mol. The van der Waals surface area contributed by atoms with Crippen molar-refractivity contribution in [3.05, 3.63) is 36.0 Å². The summed E-state index contributed by atoms with van der Waals surface area (Å²) in [5, 5.41) is 11.5. The molecule has 0 bridgehead atoms. The number of methoxy groups -OCH3 is 1. The average Bonchev–Trinajstić information content (AvgIpc) is 2.83. The average molecular weight is 247 g/mol. The fourth-order valence-corrected chi connectivity index (χ4v) is 1.53. The molecule has 0 amide bonds. The fraction of sp³-hybridized carbons (Fsp3) is 0.182. The van der Waals surface area contributed by atoms with Gasteiger partial charge in [0.1, 0.15) is 11.4 Å². The van der Waals surface area contributed by atoms with E-state index >= 15 is 0 Å². The molecule has 7 nitrogen and oxygen atoms in total. The molecule has 0 saturated carbocycles. The largest absolute Gasteiger partial charge is 0.479 e. The molecule has 3 N–H and O–H groups in total. The minimum Gasteiger partial charge on any atom is -0.479 e. The number of hydrogen-bond donors (Lipinski definition) is 2. The number of hydrogen-bond acceptors (Lipinski definition) is 5. The van der Waals surface area contributed by atoms with Crippen LogP contribution in [0.2, 0.25) is 0 Å². The Bertz CT molecular complexity index is 591. The van der Waals surface area contributed by atoms with Crippen LogP contribution in [-0.2, 0) is 0 Å².